The Labute approximate surface area is 136 Å². The van der Waals surface area contributed by atoms with Crippen LogP contribution in [0.5, 0.6) is 0 Å². The van der Waals surface area contributed by atoms with E-state index in [4.69, 9.17) is 0 Å². The Morgan fingerprint density at radius 1 is 1.10 bits per heavy atom. The Morgan fingerprint density at radius 2 is 1.81 bits per heavy atom. The van der Waals surface area contributed by atoms with Crippen LogP contribution in [-0.2, 0) is 26.1 Å². The summed E-state index contributed by atoms with van der Waals surface area (Å²) in [5, 5.41) is 4.68. The molecule has 0 bridgehead atoms. The molecule has 0 aliphatic carbocycles. The van der Waals surface area contributed by atoms with Crippen LogP contribution in [-0.4, -0.2) is 21.2 Å². The molecule has 0 N–H and O–H groups in total. The molecule has 0 saturated heterocycles. The SMILES string of the molecule is CCc1nn(CC)c(CN(CC)Cc2ccccc2)c1Br. The molecule has 0 aliphatic rings. The first-order valence-electron chi connectivity index (χ1n) is 7.69. The Balaban J connectivity index is 2.16. The summed E-state index contributed by atoms with van der Waals surface area (Å²) in [4.78, 5) is 2.45. The highest BCUT2D eigenvalue weighted by Gasteiger charge is 2.16. The minimum absolute atomic E-state index is 0.914. The first-order valence-corrected chi connectivity index (χ1v) is 8.49. The lowest BCUT2D eigenvalue weighted by atomic mass is 10.2. The highest BCUT2D eigenvalue weighted by atomic mass is 79.9. The van der Waals surface area contributed by atoms with Gasteiger partial charge in [0, 0.05) is 19.6 Å². The maximum Gasteiger partial charge on any atom is 0.0767 e. The highest BCUT2D eigenvalue weighted by Crippen LogP contribution is 2.24. The number of halogens is 1. The molecule has 0 saturated carbocycles. The van der Waals surface area contributed by atoms with Crippen LogP contribution in [0.15, 0.2) is 34.8 Å². The molecular weight excluding hydrogens is 326 g/mol. The van der Waals surface area contributed by atoms with Crippen molar-refractivity contribution in [2.24, 2.45) is 0 Å². The quantitative estimate of drug-likeness (QED) is 0.744. The monoisotopic (exact) mass is 349 g/mol. The molecule has 0 aliphatic heterocycles. The second-order valence-electron chi connectivity index (χ2n) is 5.17. The molecule has 2 rings (SSSR count). The molecule has 0 atom stereocenters. The van der Waals surface area contributed by atoms with Crippen LogP contribution in [0.4, 0.5) is 0 Å². The summed E-state index contributed by atoms with van der Waals surface area (Å²) >= 11 is 3.74. The van der Waals surface area contributed by atoms with Gasteiger partial charge in [-0.2, -0.15) is 5.10 Å². The predicted octanol–water partition coefficient (Wildman–Crippen LogP) is 4.25. The zero-order chi connectivity index (χ0) is 15.2. The van der Waals surface area contributed by atoms with Crippen molar-refractivity contribution < 1.29 is 0 Å². The molecule has 114 valence electrons. The number of aromatic nitrogens is 2. The van der Waals surface area contributed by atoms with Gasteiger partial charge in [-0.15, -0.1) is 0 Å². The maximum atomic E-state index is 4.68. The first-order chi connectivity index (χ1) is 10.2. The van der Waals surface area contributed by atoms with Crippen molar-refractivity contribution in [2.45, 2.75) is 46.8 Å². The van der Waals surface area contributed by atoms with Gasteiger partial charge in [-0.1, -0.05) is 44.2 Å². The fourth-order valence-electron chi connectivity index (χ4n) is 2.50. The van der Waals surface area contributed by atoms with Crippen LogP contribution in [0.25, 0.3) is 0 Å². The van der Waals surface area contributed by atoms with Gasteiger partial charge in [0.15, 0.2) is 0 Å². The third-order valence-electron chi connectivity index (χ3n) is 3.76. The average Bonchev–Trinajstić information content (AvgIpc) is 2.83. The van der Waals surface area contributed by atoms with Crippen LogP contribution in [0, 0.1) is 0 Å². The Bertz CT molecular complexity index is 563. The van der Waals surface area contributed by atoms with Crippen LogP contribution < -0.4 is 0 Å². The van der Waals surface area contributed by atoms with Gasteiger partial charge in [-0.25, -0.2) is 0 Å². The van der Waals surface area contributed by atoms with Gasteiger partial charge >= 0.3 is 0 Å². The minimum Gasteiger partial charge on any atom is -0.294 e. The van der Waals surface area contributed by atoms with E-state index in [1.54, 1.807) is 0 Å². The lowest BCUT2D eigenvalue weighted by molar-refractivity contribution is 0.262. The second kappa shape index (κ2) is 7.76. The number of hydrogen-bond donors (Lipinski definition) is 0. The summed E-state index contributed by atoms with van der Waals surface area (Å²) in [5.41, 5.74) is 3.79. The van der Waals surface area contributed by atoms with E-state index < -0.39 is 0 Å². The molecule has 21 heavy (non-hydrogen) atoms. The van der Waals surface area contributed by atoms with Gasteiger partial charge in [0.25, 0.3) is 0 Å². The average molecular weight is 350 g/mol. The number of benzene rings is 1. The molecule has 0 amide bonds. The zero-order valence-corrected chi connectivity index (χ0v) is 14.7. The van der Waals surface area contributed by atoms with Crippen LogP contribution in [0.1, 0.15) is 37.7 Å². The molecule has 3 nitrogen and oxygen atoms in total. The molecule has 0 radical (unpaired) electrons. The molecular formula is C17H24BrN3. The Morgan fingerprint density at radius 3 is 2.38 bits per heavy atom. The first kappa shape index (κ1) is 16.2. The van der Waals surface area contributed by atoms with E-state index in [1.807, 2.05) is 0 Å². The van der Waals surface area contributed by atoms with E-state index in [-0.39, 0.29) is 0 Å². The molecule has 1 heterocycles. The molecule has 4 heteroatoms. The second-order valence-corrected chi connectivity index (χ2v) is 5.96. The molecule has 1 aromatic carbocycles. The van der Waals surface area contributed by atoms with Crippen molar-refractivity contribution in [1.29, 1.82) is 0 Å². The number of hydrogen-bond acceptors (Lipinski definition) is 2. The lowest BCUT2D eigenvalue weighted by Crippen LogP contribution is -2.24. The molecule has 2 aromatic rings. The molecule has 0 unspecified atom stereocenters. The Hall–Kier alpha value is -1.13. The fourth-order valence-corrected chi connectivity index (χ4v) is 3.19. The van der Waals surface area contributed by atoms with E-state index in [1.165, 1.54) is 15.7 Å². The number of nitrogens with zero attached hydrogens (tertiary/aromatic N) is 3. The van der Waals surface area contributed by atoms with E-state index in [9.17, 15) is 0 Å². The van der Waals surface area contributed by atoms with Crippen LogP contribution >= 0.6 is 15.9 Å². The topological polar surface area (TPSA) is 21.1 Å². The van der Waals surface area contributed by atoms with Crippen molar-refractivity contribution in [3.63, 3.8) is 0 Å². The molecule has 0 fully saturated rings. The summed E-state index contributed by atoms with van der Waals surface area (Å²) in [5.74, 6) is 0. The van der Waals surface area contributed by atoms with Gasteiger partial charge in [0.05, 0.1) is 15.9 Å². The maximum absolute atomic E-state index is 4.68. The van der Waals surface area contributed by atoms with Gasteiger partial charge in [-0.05, 0) is 41.4 Å². The number of aryl methyl sites for hydroxylation is 2. The van der Waals surface area contributed by atoms with Crippen LogP contribution in [0.3, 0.4) is 0 Å². The van der Waals surface area contributed by atoms with Gasteiger partial charge in [-0.3, -0.25) is 9.58 Å². The third-order valence-corrected chi connectivity index (χ3v) is 4.68. The van der Waals surface area contributed by atoms with Crippen molar-refractivity contribution in [1.82, 2.24) is 14.7 Å². The van der Waals surface area contributed by atoms with Crippen molar-refractivity contribution in [2.75, 3.05) is 6.54 Å². The predicted molar refractivity (Wildman–Crippen MR) is 91.2 cm³/mol. The zero-order valence-electron chi connectivity index (χ0n) is 13.1. The minimum atomic E-state index is 0.914. The van der Waals surface area contributed by atoms with Crippen LogP contribution in [0.2, 0.25) is 0 Å². The third kappa shape index (κ3) is 3.95. The van der Waals surface area contributed by atoms with Crippen molar-refractivity contribution in [3.8, 4) is 0 Å². The van der Waals surface area contributed by atoms with E-state index in [2.05, 4.69) is 81.7 Å². The largest absolute Gasteiger partial charge is 0.294 e. The van der Waals surface area contributed by atoms with Gasteiger partial charge in [0.2, 0.25) is 0 Å². The van der Waals surface area contributed by atoms with E-state index >= 15 is 0 Å². The molecule has 1 aromatic heterocycles. The summed E-state index contributed by atoms with van der Waals surface area (Å²) in [6.07, 6.45) is 0.964. The summed E-state index contributed by atoms with van der Waals surface area (Å²) < 4.78 is 3.30. The highest BCUT2D eigenvalue weighted by molar-refractivity contribution is 9.10. The summed E-state index contributed by atoms with van der Waals surface area (Å²) in [6, 6.07) is 10.6. The normalized spacial score (nSPS) is 11.3. The van der Waals surface area contributed by atoms with E-state index in [0.717, 1.165) is 38.3 Å². The standard InChI is InChI=1S/C17H24BrN3/c1-4-15-17(18)16(21(6-3)19-15)13-20(5-2)12-14-10-8-7-9-11-14/h7-11H,4-6,12-13H2,1-3H3. The summed E-state index contributed by atoms with van der Waals surface area (Å²) in [6.45, 7) is 10.3. The summed E-state index contributed by atoms with van der Waals surface area (Å²) in [7, 11) is 0. The van der Waals surface area contributed by atoms with Gasteiger partial charge < -0.3 is 0 Å². The van der Waals surface area contributed by atoms with E-state index in [0.29, 0.717) is 0 Å². The lowest BCUT2D eigenvalue weighted by Gasteiger charge is -2.21. The fraction of sp³-hybridized carbons (Fsp3) is 0.471. The Kier molecular flexibility index (Phi) is 6.00. The van der Waals surface area contributed by atoms with Gasteiger partial charge in [0.1, 0.15) is 0 Å². The van der Waals surface area contributed by atoms with Crippen molar-refractivity contribution in [3.05, 3.63) is 51.8 Å². The smallest absolute Gasteiger partial charge is 0.0767 e. The molecule has 0 spiro atoms. The van der Waals surface area contributed by atoms with Crippen molar-refractivity contribution >= 4 is 15.9 Å². The number of rotatable bonds is 7.